The molecule has 0 atom stereocenters. The zero-order chi connectivity index (χ0) is 13.2. The molecule has 0 bridgehead atoms. The van der Waals surface area contributed by atoms with Gasteiger partial charge in [0.1, 0.15) is 5.82 Å². The highest BCUT2D eigenvalue weighted by Gasteiger charge is 2.07. The predicted octanol–water partition coefficient (Wildman–Crippen LogP) is 3.12. The molecule has 2 heterocycles. The van der Waals surface area contributed by atoms with E-state index in [2.05, 4.69) is 50.8 Å². The van der Waals surface area contributed by atoms with Gasteiger partial charge in [-0.3, -0.25) is 4.57 Å². The van der Waals surface area contributed by atoms with Crippen LogP contribution < -0.4 is 5.73 Å². The van der Waals surface area contributed by atoms with E-state index >= 15 is 0 Å². The van der Waals surface area contributed by atoms with Gasteiger partial charge >= 0.3 is 0 Å². The van der Waals surface area contributed by atoms with Crippen LogP contribution in [0.1, 0.15) is 0 Å². The van der Waals surface area contributed by atoms with Crippen molar-refractivity contribution >= 4 is 28.4 Å². The third kappa shape index (κ3) is 2.46. The molecule has 3 rings (SSSR count). The molecule has 19 heavy (non-hydrogen) atoms. The number of hydrogen-bond acceptors (Lipinski definition) is 3. The number of rotatable bonds is 2. The van der Waals surface area contributed by atoms with Gasteiger partial charge in [0.2, 0.25) is 0 Å². The van der Waals surface area contributed by atoms with Crippen LogP contribution in [-0.2, 0) is 0 Å². The van der Waals surface area contributed by atoms with Crippen LogP contribution in [0.4, 0.5) is 5.82 Å². The number of nitrogens with zero attached hydrogens (tertiary/aromatic N) is 3. The Morgan fingerprint density at radius 3 is 2.74 bits per heavy atom. The molecule has 0 aliphatic rings. The third-order valence-electron chi connectivity index (χ3n) is 2.81. The maximum absolute atomic E-state index is 5.61. The second kappa shape index (κ2) is 5.00. The van der Waals surface area contributed by atoms with E-state index in [0.29, 0.717) is 5.82 Å². The summed E-state index contributed by atoms with van der Waals surface area (Å²) < 4.78 is 3.22. The fourth-order valence-electron chi connectivity index (χ4n) is 1.90. The maximum Gasteiger partial charge on any atom is 0.123 e. The molecule has 3 aromatic rings. The molecule has 0 amide bonds. The molecule has 1 aromatic carbocycles. The second-order valence-electron chi connectivity index (χ2n) is 4.10. The Labute approximate surface area is 124 Å². The zero-order valence-electron chi connectivity index (χ0n) is 9.99. The lowest BCUT2D eigenvalue weighted by atomic mass is 10.2. The first-order valence-electron chi connectivity index (χ1n) is 5.74. The van der Waals surface area contributed by atoms with Crippen LogP contribution in [0.5, 0.6) is 0 Å². The number of benzene rings is 1. The van der Waals surface area contributed by atoms with Crippen molar-refractivity contribution in [2.75, 3.05) is 5.73 Å². The number of aromatic nitrogens is 3. The summed E-state index contributed by atoms with van der Waals surface area (Å²) in [5, 5.41) is 0. The van der Waals surface area contributed by atoms with Crippen molar-refractivity contribution in [2.45, 2.75) is 0 Å². The third-order valence-corrected chi connectivity index (χ3v) is 3.48. The van der Waals surface area contributed by atoms with Crippen molar-refractivity contribution in [2.24, 2.45) is 0 Å². The first-order chi connectivity index (χ1) is 9.24. The lowest BCUT2D eigenvalue weighted by Crippen LogP contribution is -1.96. The van der Waals surface area contributed by atoms with Gasteiger partial charge in [0.05, 0.1) is 18.2 Å². The number of anilines is 1. The summed E-state index contributed by atoms with van der Waals surface area (Å²) >= 11 is 2.30. The number of pyridine rings is 1. The van der Waals surface area contributed by atoms with Gasteiger partial charge in [0.25, 0.3) is 0 Å². The molecular formula is C14H11IN4. The molecule has 0 aliphatic heterocycles. The number of halogens is 1. The van der Waals surface area contributed by atoms with E-state index in [-0.39, 0.29) is 0 Å². The molecule has 4 nitrogen and oxygen atoms in total. The van der Waals surface area contributed by atoms with E-state index in [9.17, 15) is 0 Å². The SMILES string of the molecule is Nc1ccc(-c2cncn2-c2cccc(I)c2)cn1. The van der Waals surface area contributed by atoms with Gasteiger partial charge in [-0.25, -0.2) is 9.97 Å². The van der Waals surface area contributed by atoms with Gasteiger partial charge < -0.3 is 5.73 Å². The highest BCUT2D eigenvalue weighted by Crippen LogP contribution is 2.23. The van der Waals surface area contributed by atoms with Crippen LogP contribution >= 0.6 is 22.6 Å². The summed E-state index contributed by atoms with van der Waals surface area (Å²) in [4.78, 5) is 8.35. The number of nitrogens with two attached hydrogens (primary N) is 1. The second-order valence-corrected chi connectivity index (χ2v) is 5.35. The van der Waals surface area contributed by atoms with Gasteiger partial charge in [-0.2, -0.15) is 0 Å². The number of nitrogen functional groups attached to an aromatic ring is 1. The molecule has 0 saturated carbocycles. The molecular weight excluding hydrogens is 351 g/mol. The molecule has 0 saturated heterocycles. The molecule has 5 heteroatoms. The molecule has 0 unspecified atom stereocenters. The first-order valence-corrected chi connectivity index (χ1v) is 6.82. The van der Waals surface area contributed by atoms with Crippen LogP contribution in [0.2, 0.25) is 0 Å². The Balaban J connectivity index is 2.10. The predicted molar refractivity (Wildman–Crippen MR) is 83.9 cm³/mol. The van der Waals surface area contributed by atoms with Crippen LogP contribution in [0.3, 0.4) is 0 Å². The minimum Gasteiger partial charge on any atom is -0.384 e. The molecule has 2 aromatic heterocycles. The Morgan fingerprint density at radius 1 is 1.11 bits per heavy atom. The number of hydrogen-bond donors (Lipinski definition) is 1. The molecule has 94 valence electrons. The summed E-state index contributed by atoms with van der Waals surface area (Å²) in [5.74, 6) is 0.518. The van der Waals surface area contributed by atoms with Crippen molar-refractivity contribution in [1.29, 1.82) is 0 Å². The molecule has 0 aliphatic carbocycles. The summed E-state index contributed by atoms with van der Waals surface area (Å²) in [6, 6.07) is 12.0. The van der Waals surface area contributed by atoms with Gasteiger partial charge in [-0.1, -0.05) is 6.07 Å². The number of imidazole rings is 1. The topological polar surface area (TPSA) is 56.7 Å². The molecule has 2 N–H and O–H groups in total. The van der Waals surface area contributed by atoms with Gasteiger partial charge in [-0.15, -0.1) is 0 Å². The average molecular weight is 362 g/mol. The van der Waals surface area contributed by atoms with Crippen LogP contribution in [0.25, 0.3) is 16.9 Å². The van der Waals surface area contributed by atoms with Gasteiger partial charge in [0.15, 0.2) is 0 Å². The minimum atomic E-state index is 0.518. The highest BCUT2D eigenvalue weighted by molar-refractivity contribution is 14.1. The van der Waals surface area contributed by atoms with Crippen molar-refractivity contribution in [3.63, 3.8) is 0 Å². The standard InChI is InChI=1S/C14H11IN4/c15-11-2-1-3-12(6-11)19-9-17-8-13(19)10-4-5-14(16)18-7-10/h1-9H,(H2,16,18). The monoisotopic (exact) mass is 362 g/mol. The van der Waals surface area contributed by atoms with E-state index in [4.69, 9.17) is 5.73 Å². The first kappa shape index (κ1) is 12.2. The van der Waals surface area contributed by atoms with Crippen molar-refractivity contribution < 1.29 is 0 Å². The van der Waals surface area contributed by atoms with Crippen molar-refractivity contribution in [3.8, 4) is 16.9 Å². The summed E-state index contributed by atoms with van der Waals surface area (Å²) in [7, 11) is 0. The Kier molecular flexibility index (Phi) is 3.20. The van der Waals surface area contributed by atoms with E-state index in [0.717, 1.165) is 16.9 Å². The van der Waals surface area contributed by atoms with Gasteiger partial charge in [0, 0.05) is 21.0 Å². The molecule has 0 radical (unpaired) electrons. The molecule has 0 fully saturated rings. The maximum atomic E-state index is 5.61. The van der Waals surface area contributed by atoms with E-state index < -0.39 is 0 Å². The lowest BCUT2D eigenvalue weighted by molar-refractivity contribution is 1.06. The fourth-order valence-corrected chi connectivity index (χ4v) is 2.42. The van der Waals surface area contributed by atoms with E-state index in [1.165, 1.54) is 3.57 Å². The summed E-state index contributed by atoms with van der Waals surface area (Å²) in [5.41, 5.74) is 8.68. The van der Waals surface area contributed by atoms with Crippen molar-refractivity contribution in [3.05, 3.63) is 58.7 Å². The normalized spacial score (nSPS) is 10.6. The lowest BCUT2D eigenvalue weighted by Gasteiger charge is -2.08. The Morgan fingerprint density at radius 2 is 2.00 bits per heavy atom. The largest absolute Gasteiger partial charge is 0.384 e. The zero-order valence-corrected chi connectivity index (χ0v) is 12.2. The van der Waals surface area contributed by atoms with Gasteiger partial charge in [-0.05, 0) is 52.9 Å². The van der Waals surface area contributed by atoms with Crippen LogP contribution in [0.15, 0.2) is 55.1 Å². The van der Waals surface area contributed by atoms with E-state index in [1.807, 2.05) is 22.9 Å². The fraction of sp³-hybridized carbons (Fsp3) is 0. The smallest absolute Gasteiger partial charge is 0.123 e. The Hall–Kier alpha value is -1.89. The molecule has 0 spiro atoms. The Bertz CT molecular complexity index is 703. The van der Waals surface area contributed by atoms with Crippen LogP contribution in [0, 0.1) is 3.57 Å². The van der Waals surface area contributed by atoms with Crippen molar-refractivity contribution in [1.82, 2.24) is 14.5 Å². The minimum absolute atomic E-state index is 0.518. The van der Waals surface area contributed by atoms with E-state index in [1.54, 1.807) is 18.6 Å². The van der Waals surface area contributed by atoms with Crippen LogP contribution in [-0.4, -0.2) is 14.5 Å². The quantitative estimate of drug-likeness (QED) is 0.713. The highest BCUT2D eigenvalue weighted by atomic mass is 127. The average Bonchev–Trinajstić information content (AvgIpc) is 2.89. The summed E-state index contributed by atoms with van der Waals surface area (Å²) in [6.07, 6.45) is 5.39. The summed E-state index contributed by atoms with van der Waals surface area (Å²) in [6.45, 7) is 0.